The molecule has 0 radical (unpaired) electrons. The number of rotatable bonds is 1. The highest BCUT2D eigenvalue weighted by Gasteiger charge is 2.40. The Kier molecular flexibility index (Phi) is 1.48. The molecule has 2 heteroatoms. The summed E-state index contributed by atoms with van der Waals surface area (Å²) in [4.78, 5) is 0. The number of hydrogen-bond donors (Lipinski definition) is 2. The fourth-order valence-electron chi connectivity index (χ4n) is 1.14. The molecule has 50 valence electrons. The van der Waals surface area contributed by atoms with Crippen molar-refractivity contribution in [3.05, 3.63) is 0 Å². The lowest BCUT2D eigenvalue weighted by atomic mass is 9.72. The molecule has 0 aromatic heterocycles. The van der Waals surface area contributed by atoms with Crippen molar-refractivity contribution < 1.29 is 10.2 Å². The SMILES string of the molecule is C#C[C@]1(O)C[C@@H](CO)C1. The maximum Gasteiger partial charge on any atom is 0.125 e. The Labute approximate surface area is 54.5 Å². The summed E-state index contributed by atoms with van der Waals surface area (Å²) in [5.74, 6) is 2.51. The Hall–Kier alpha value is -0.520. The second kappa shape index (κ2) is 2.02. The van der Waals surface area contributed by atoms with Gasteiger partial charge in [0.25, 0.3) is 0 Å². The van der Waals surface area contributed by atoms with Gasteiger partial charge in [-0.25, -0.2) is 0 Å². The van der Waals surface area contributed by atoms with Gasteiger partial charge in [-0.1, -0.05) is 5.92 Å². The molecule has 2 nitrogen and oxygen atoms in total. The molecule has 0 aromatic carbocycles. The van der Waals surface area contributed by atoms with Crippen LogP contribution in [0.2, 0.25) is 0 Å². The number of terminal acetylenes is 1. The molecule has 1 rings (SSSR count). The molecule has 1 aliphatic carbocycles. The van der Waals surface area contributed by atoms with Crippen LogP contribution >= 0.6 is 0 Å². The third-order valence-corrected chi connectivity index (χ3v) is 1.78. The molecule has 1 saturated carbocycles. The van der Waals surface area contributed by atoms with E-state index in [4.69, 9.17) is 11.5 Å². The van der Waals surface area contributed by atoms with Crippen LogP contribution in [0.3, 0.4) is 0 Å². The monoisotopic (exact) mass is 126 g/mol. The molecule has 9 heavy (non-hydrogen) atoms. The molecule has 0 heterocycles. The maximum absolute atomic E-state index is 9.17. The zero-order valence-electron chi connectivity index (χ0n) is 5.17. The number of aliphatic hydroxyl groups is 2. The molecule has 1 fully saturated rings. The van der Waals surface area contributed by atoms with Crippen LogP contribution in [-0.2, 0) is 0 Å². The summed E-state index contributed by atoms with van der Waals surface area (Å²) in [7, 11) is 0. The number of aliphatic hydroxyl groups excluding tert-OH is 1. The second-order valence-electron chi connectivity index (χ2n) is 2.63. The van der Waals surface area contributed by atoms with E-state index in [0.29, 0.717) is 12.8 Å². The van der Waals surface area contributed by atoms with Crippen LogP contribution in [0.25, 0.3) is 0 Å². The summed E-state index contributed by atoms with van der Waals surface area (Å²) >= 11 is 0. The smallest absolute Gasteiger partial charge is 0.125 e. The molecule has 0 amide bonds. The van der Waals surface area contributed by atoms with Crippen molar-refractivity contribution in [3.8, 4) is 12.3 Å². The van der Waals surface area contributed by atoms with E-state index in [2.05, 4.69) is 5.92 Å². The van der Waals surface area contributed by atoms with Gasteiger partial charge in [0.05, 0.1) is 0 Å². The largest absolute Gasteiger partial charge is 0.396 e. The topological polar surface area (TPSA) is 40.5 Å². The minimum absolute atomic E-state index is 0.143. The molecule has 0 bridgehead atoms. The summed E-state index contributed by atoms with van der Waals surface area (Å²) in [5.41, 5.74) is -0.895. The molecule has 0 spiro atoms. The van der Waals surface area contributed by atoms with Crippen molar-refractivity contribution in [2.75, 3.05) is 6.61 Å². The van der Waals surface area contributed by atoms with E-state index in [9.17, 15) is 5.11 Å². The van der Waals surface area contributed by atoms with Crippen LogP contribution in [0.15, 0.2) is 0 Å². The van der Waals surface area contributed by atoms with Gasteiger partial charge in [0.1, 0.15) is 5.60 Å². The first-order valence-corrected chi connectivity index (χ1v) is 3.01. The molecule has 0 aromatic rings. The zero-order valence-corrected chi connectivity index (χ0v) is 5.17. The van der Waals surface area contributed by atoms with Crippen molar-refractivity contribution in [2.45, 2.75) is 18.4 Å². The predicted molar refractivity (Wildman–Crippen MR) is 33.6 cm³/mol. The lowest BCUT2D eigenvalue weighted by Crippen LogP contribution is -2.43. The van der Waals surface area contributed by atoms with Gasteiger partial charge < -0.3 is 10.2 Å². The molecular weight excluding hydrogens is 116 g/mol. The highest BCUT2D eigenvalue weighted by atomic mass is 16.3. The molecule has 0 saturated heterocycles. The Morgan fingerprint density at radius 3 is 2.56 bits per heavy atom. The Bertz CT molecular complexity index is 139. The normalized spacial score (nSPS) is 41.2. The van der Waals surface area contributed by atoms with Crippen LogP contribution in [0.5, 0.6) is 0 Å². The van der Waals surface area contributed by atoms with Crippen LogP contribution in [-0.4, -0.2) is 22.4 Å². The van der Waals surface area contributed by atoms with Gasteiger partial charge in [0, 0.05) is 6.61 Å². The lowest BCUT2D eigenvalue weighted by molar-refractivity contribution is -0.0408. The third kappa shape index (κ3) is 1.07. The van der Waals surface area contributed by atoms with Crippen LogP contribution in [0, 0.1) is 18.3 Å². The van der Waals surface area contributed by atoms with Gasteiger partial charge in [0.2, 0.25) is 0 Å². The first-order chi connectivity index (χ1) is 4.20. The van der Waals surface area contributed by atoms with Gasteiger partial charge in [-0.05, 0) is 18.8 Å². The Balaban J connectivity index is 2.35. The summed E-state index contributed by atoms with van der Waals surface area (Å²) in [6, 6.07) is 0. The fraction of sp³-hybridized carbons (Fsp3) is 0.714. The second-order valence-corrected chi connectivity index (χ2v) is 2.63. The quantitative estimate of drug-likeness (QED) is 0.476. The van der Waals surface area contributed by atoms with Gasteiger partial charge in [0.15, 0.2) is 0 Å². The Morgan fingerprint density at radius 1 is 1.67 bits per heavy atom. The van der Waals surface area contributed by atoms with E-state index in [0.717, 1.165) is 0 Å². The van der Waals surface area contributed by atoms with E-state index in [1.54, 1.807) is 0 Å². The summed E-state index contributed by atoms with van der Waals surface area (Å²) < 4.78 is 0. The van der Waals surface area contributed by atoms with E-state index in [-0.39, 0.29) is 12.5 Å². The van der Waals surface area contributed by atoms with Crippen molar-refractivity contribution in [1.29, 1.82) is 0 Å². The molecular formula is C7H10O2. The lowest BCUT2D eigenvalue weighted by Gasteiger charge is -2.38. The van der Waals surface area contributed by atoms with Crippen LogP contribution in [0.1, 0.15) is 12.8 Å². The minimum atomic E-state index is -0.895. The Morgan fingerprint density at radius 2 is 2.22 bits per heavy atom. The van der Waals surface area contributed by atoms with E-state index < -0.39 is 5.60 Å². The molecule has 0 atom stereocenters. The molecule has 0 unspecified atom stereocenters. The summed E-state index contributed by atoms with van der Waals surface area (Å²) in [6.45, 7) is 0.143. The van der Waals surface area contributed by atoms with Gasteiger partial charge in [-0.3, -0.25) is 0 Å². The van der Waals surface area contributed by atoms with Crippen molar-refractivity contribution in [3.63, 3.8) is 0 Å². The van der Waals surface area contributed by atoms with E-state index in [1.807, 2.05) is 0 Å². The first-order valence-electron chi connectivity index (χ1n) is 3.01. The highest BCUT2D eigenvalue weighted by molar-refractivity contribution is 5.14. The van der Waals surface area contributed by atoms with Crippen molar-refractivity contribution >= 4 is 0 Å². The first kappa shape index (κ1) is 6.60. The predicted octanol–water partition coefficient (Wildman–Crippen LogP) is -0.247. The number of hydrogen-bond acceptors (Lipinski definition) is 2. The molecule has 0 aliphatic heterocycles. The van der Waals surface area contributed by atoms with Crippen molar-refractivity contribution in [2.24, 2.45) is 5.92 Å². The van der Waals surface area contributed by atoms with Crippen LogP contribution < -0.4 is 0 Å². The third-order valence-electron chi connectivity index (χ3n) is 1.78. The van der Waals surface area contributed by atoms with Gasteiger partial charge in [-0.15, -0.1) is 6.42 Å². The maximum atomic E-state index is 9.17. The standard InChI is InChI=1S/C7H10O2/c1-2-7(9)3-6(4-7)5-8/h1,6,8-9H,3-5H2/t6-,7+. The minimum Gasteiger partial charge on any atom is -0.396 e. The average molecular weight is 126 g/mol. The molecule has 1 aliphatic rings. The van der Waals surface area contributed by atoms with Gasteiger partial charge in [-0.2, -0.15) is 0 Å². The van der Waals surface area contributed by atoms with Crippen molar-refractivity contribution in [1.82, 2.24) is 0 Å². The fourth-order valence-corrected chi connectivity index (χ4v) is 1.14. The summed E-state index contributed by atoms with van der Waals surface area (Å²) in [5, 5.41) is 17.7. The van der Waals surface area contributed by atoms with Crippen LogP contribution in [0.4, 0.5) is 0 Å². The van der Waals surface area contributed by atoms with Gasteiger partial charge >= 0.3 is 0 Å². The van der Waals surface area contributed by atoms with E-state index in [1.165, 1.54) is 0 Å². The summed E-state index contributed by atoms with van der Waals surface area (Å²) in [6.07, 6.45) is 6.11. The van der Waals surface area contributed by atoms with E-state index >= 15 is 0 Å². The molecule has 2 N–H and O–H groups in total. The zero-order chi connectivity index (χ0) is 6.91. The highest BCUT2D eigenvalue weighted by Crippen LogP contribution is 2.36. The average Bonchev–Trinajstić information content (AvgIpc) is 1.81.